The molecule has 0 spiro atoms. The van der Waals surface area contributed by atoms with E-state index in [1.807, 2.05) is 0 Å². The largest absolute Gasteiger partial charge is 0.382 e. The summed E-state index contributed by atoms with van der Waals surface area (Å²) in [5.74, 6) is -1.77. The van der Waals surface area contributed by atoms with Crippen LogP contribution < -0.4 is 0 Å². The highest BCUT2D eigenvalue weighted by Crippen LogP contribution is 2.33. The van der Waals surface area contributed by atoms with Gasteiger partial charge in [-0.1, -0.05) is 6.07 Å². The molecule has 3 atom stereocenters. The monoisotopic (exact) mass is 330 g/mol. The van der Waals surface area contributed by atoms with E-state index in [1.165, 1.54) is 24.3 Å². The SMILES string of the molecule is C[C@H]([C@](O)(Cn1cncn1)c1ccc(F)cc1F)S(C)(=N)=O. The highest BCUT2D eigenvalue weighted by Gasteiger charge is 2.42. The molecule has 1 aromatic heterocycles. The summed E-state index contributed by atoms with van der Waals surface area (Å²) < 4.78 is 48.3. The second-order valence-electron chi connectivity index (χ2n) is 5.19. The molecule has 6 nitrogen and oxygen atoms in total. The van der Waals surface area contributed by atoms with Crippen molar-refractivity contribution in [1.29, 1.82) is 4.78 Å². The van der Waals surface area contributed by atoms with Crippen LogP contribution in [0.3, 0.4) is 0 Å². The fourth-order valence-corrected chi connectivity index (χ4v) is 3.15. The molecule has 2 rings (SSSR count). The molecule has 1 heterocycles. The van der Waals surface area contributed by atoms with Crippen molar-refractivity contribution >= 4 is 9.73 Å². The summed E-state index contributed by atoms with van der Waals surface area (Å²) >= 11 is 0. The van der Waals surface area contributed by atoms with Crippen LogP contribution in [0.25, 0.3) is 0 Å². The van der Waals surface area contributed by atoms with Crippen LogP contribution in [0.15, 0.2) is 30.9 Å². The van der Waals surface area contributed by atoms with Gasteiger partial charge in [-0.05, 0) is 13.0 Å². The lowest BCUT2D eigenvalue weighted by atomic mass is 9.90. The Balaban J connectivity index is 2.58. The Labute approximate surface area is 126 Å². The second kappa shape index (κ2) is 5.73. The van der Waals surface area contributed by atoms with Gasteiger partial charge in [-0.15, -0.1) is 0 Å². The van der Waals surface area contributed by atoms with Gasteiger partial charge in [-0.3, -0.25) is 4.78 Å². The van der Waals surface area contributed by atoms with Gasteiger partial charge in [0.25, 0.3) is 0 Å². The maximum Gasteiger partial charge on any atom is 0.137 e. The number of aliphatic hydroxyl groups is 1. The van der Waals surface area contributed by atoms with Crippen molar-refractivity contribution < 1.29 is 18.1 Å². The van der Waals surface area contributed by atoms with E-state index in [0.717, 1.165) is 18.4 Å². The second-order valence-corrected chi connectivity index (χ2v) is 7.70. The Bertz CT molecular complexity index is 764. The van der Waals surface area contributed by atoms with E-state index in [2.05, 4.69) is 10.1 Å². The van der Waals surface area contributed by atoms with Crippen LogP contribution in [0.2, 0.25) is 0 Å². The van der Waals surface area contributed by atoms with Crippen LogP contribution in [0.4, 0.5) is 8.78 Å². The molecule has 1 aromatic carbocycles. The summed E-state index contributed by atoms with van der Waals surface area (Å²) in [5.41, 5.74) is -2.24. The first-order valence-corrected chi connectivity index (χ1v) is 8.40. The fraction of sp³-hybridized carbons (Fsp3) is 0.385. The number of halogens is 2. The topological polar surface area (TPSA) is 91.9 Å². The summed E-state index contributed by atoms with van der Waals surface area (Å²) in [4.78, 5) is 3.73. The lowest BCUT2D eigenvalue weighted by Gasteiger charge is -2.34. The Morgan fingerprint density at radius 2 is 2.18 bits per heavy atom. The molecule has 0 saturated carbocycles. The molecule has 1 unspecified atom stereocenters. The molecule has 0 aliphatic heterocycles. The summed E-state index contributed by atoms with van der Waals surface area (Å²) in [6.07, 6.45) is 3.70. The van der Waals surface area contributed by atoms with Crippen molar-refractivity contribution in [3.63, 3.8) is 0 Å². The van der Waals surface area contributed by atoms with Gasteiger partial charge >= 0.3 is 0 Å². The normalized spacial score (nSPS) is 18.4. The number of rotatable bonds is 5. The number of benzene rings is 1. The molecule has 0 aliphatic rings. The average molecular weight is 330 g/mol. The van der Waals surface area contributed by atoms with Crippen LogP contribution in [0, 0.1) is 16.4 Å². The first-order valence-electron chi connectivity index (χ1n) is 6.37. The predicted octanol–water partition coefficient (Wildman–Crippen LogP) is 1.51. The lowest BCUT2D eigenvalue weighted by molar-refractivity contribution is 0.0118. The molecule has 120 valence electrons. The van der Waals surface area contributed by atoms with Crippen molar-refractivity contribution in [3.8, 4) is 0 Å². The van der Waals surface area contributed by atoms with E-state index in [4.69, 9.17) is 4.78 Å². The smallest absolute Gasteiger partial charge is 0.137 e. The molecule has 0 amide bonds. The maximum absolute atomic E-state index is 14.1. The minimum absolute atomic E-state index is 0.237. The zero-order chi connectivity index (χ0) is 16.5. The molecular weight excluding hydrogens is 314 g/mol. The Kier molecular flexibility index (Phi) is 4.30. The minimum atomic E-state index is -3.21. The van der Waals surface area contributed by atoms with Crippen LogP contribution in [-0.4, -0.2) is 35.6 Å². The van der Waals surface area contributed by atoms with Gasteiger partial charge < -0.3 is 5.11 Å². The average Bonchev–Trinajstić information content (AvgIpc) is 2.89. The van der Waals surface area contributed by atoms with Gasteiger partial charge in [-0.2, -0.15) is 5.10 Å². The lowest BCUT2D eigenvalue weighted by Crippen LogP contribution is -2.46. The maximum atomic E-state index is 14.1. The summed E-state index contributed by atoms with van der Waals surface area (Å²) in [6.45, 7) is 1.12. The Hall–Kier alpha value is -1.87. The summed E-state index contributed by atoms with van der Waals surface area (Å²) in [7, 11) is -3.21. The van der Waals surface area contributed by atoms with Crippen LogP contribution in [0.1, 0.15) is 12.5 Å². The molecule has 0 fully saturated rings. The minimum Gasteiger partial charge on any atom is -0.382 e. The first-order chi connectivity index (χ1) is 10.1. The third-order valence-corrected chi connectivity index (χ3v) is 5.35. The van der Waals surface area contributed by atoms with E-state index >= 15 is 0 Å². The zero-order valence-electron chi connectivity index (χ0n) is 12.0. The number of nitrogens with one attached hydrogen (secondary N) is 1. The van der Waals surface area contributed by atoms with Gasteiger partial charge in [0.05, 0.1) is 11.8 Å². The number of nitrogens with zero attached hydrogens (tertiary/aromatic N) is 3. The first kappa shape index (κ1) is 16.5. The predicted molar refractivity (Wildman–Crippen MR) is 76.5 cm³/mol. The standard InChI is InChI=1S/C13H16F2N4O2S/c1-9(22(2,16)21)13(20,6-19-8-17-7-18-19)11-4-3-10(14)5-12(11)15/h3-5,7-9,16,20H,6H2,1-2H3/t9-,13-,22?/m1/s1. The van der Waals surface area contributed by atoms with Crippen LogP contribution in [0.5, 0.6) is 0 Å². The van der Waals surface area contributed by atoms with E-state index < -0.39 is 32.2 Å². The van der Waals surface area contributed by atoms with Crippen LogP contribution in [-0.2, 0) is 21.9 Å². The molecule has 0 aliphatic carbocycles. The third kappa shape index (κ3) is 3.14. The highest BCUT2D eigenvalue weighted by atomic mass is 32.2. The van der Waals surface area contributed by atoms with Crippen molar-refractivity contribution in [3.05, 3.63) is 48.1 Å². The number of aromatic nitrogens is 3. The molecular formula is C13H16F2N4O2S. The van der Waals surface area contributed by atoms with Crippen molar-refractivity contribution in [1.82, 2.24) is 14.8 Å². The summed E-state index contributed by atoms with van der Waals surface area (Å²) in [5, 5.41) is 13.7. The molecule has 9 heteroatoms. The van der Waals surface area contributed by atoms with E-state index in [9.17, 15) is 18.1 Å². The summed E-state index contributed by atoms with van der Waals surface area (Å²) in [6, 6.07) is 2.72. The van der Waals surface area contributed by atoms with Crippen molar-refractivity contribution in [2.45, 2.75) is 24.3 Å². The van der Waals surface area contributed by atoms with Gasteiger partial charge in [0.1, 0.15) is 29.9 Å². The number of hydrogen-bond acceptors (Lipinski definition) is 5. The van der Waals surface area contributed by atoms with Gasteiger partial charge in [0.2, 0.25) is 0 Å². The Morgan fingerprint density at radius 1 is 1.50 bits per heavy atom. The van der Waals surface area contributed by atoms with E-state index in [-0.39, 0.29) is 12.1 Å². The molecule has 2 N–H and O–H groups in total. The molecule has 22 heavy (non-hydrogen) atoms. The molecule has 0 saturated heterocycles. The van der Waals surface area contributed by atoms with Crippen LogP contribution >= 0.6 is 0 Å². The number of hydrogen-bond donors (Lipinski definition) is 2. The fourth-order valence-electron chi connectivity index (χ4n) is 2.21. The highest BCUT2D eigenvalue weighted by molar-refractivity contribution is 7.92. The van der Waals surface area contributed by atoms with Crippen molar-refractivity contribution in [2.24, 2.45) is 0 Å². The van der Waals surface area contributed by atoms with Gasteiger partial charge in [0.15, 0.2) is 0 Å². The van der Waals surface area contributed by atoms with Crippen molar-refractivity contribution in [2.75, 3.05) is 6.26 Å². The molecule has 0 bridgehead atoms. The molecule has 0 radical (unpaired) electrons. The van der Waals surface area contributed by atoms with Gasteiger partial charge in [-0.25, -0.2) is 22.7 Å². The molecule has 2 aromatic rings. The van der Waals surface area contributed by atoms with E-state index in [0.29, 0.717) is 6.07 Å². The quantitative estimate of drug-likeness (QED) is 0.869. The van der Waals surface area contributed by atoms with Gasteiger partial charge in [0, 0.05) is 27.6 Å². The van der Waals surface area contributed by atoms with E-state index in [1.54, 1.807) is 0 Å². The Morgan fingerprint density at radius 3 is 2.68 bits per heavy atom. The zero-order valence-corrected chi connectivity index (χ0v) is 12.8. The third-order valence-electron chi connectivity index (χ3n) is 3.61.